The van der Waals surface area contributed by atoms with E-state index in [0.29, 0.717) is 24.1 Å². The second-order valence-electron chi connectivity index (χ2n) is 7.91. The average molecular weight is 400 g/mol. The molecule has 4 atom stereocenters. The smallest absolute Gasteiger partial charge is 0.256 e. The lowest BCUT2D eigenvalue weighted by Crippen LogP contribution is -2.29. The van der Waals surface area contributed by atoms with Crippen LogP contribution in [0, 0.1) is 11.8 Å². The van der Waals surface area contributed by atoms with Gasteiger partial charge in [-0.1, -0.05) is 0 Å². The second-order valence-corrected chi connectivity index (χ2v) is 7.91. The summed E-state index contributed by atoms with van der Waals surface area (Å²) in [5.74, 6) is 3.01. The quantitative estimate of drug-likeness (QED) is 0.739. The molecule has 0 radical (unpaired) electrons. The molecule has 2 heterocycles. The Balaban J connectivity index is 1.28. The van der Waals surface area contributed by atoms with Crippen LogP contribution < -0.4 is 14.2 Å². The van der Waals surface area contributed by atoms with Crippen molar-refractivity contribution in [3.05, 3.63) is 42.1 Å². The van der Waals surface area contributed by atoms with E-state index in [1.54, 1.807) is 13.2 Å². The van der Waals surface area contributed by atoms with Gasteiger partial charge in [-0.05, 0) is 61.1 Å². The van der Waals surface area contributed by atoms with Gasteiger partial charge in [0.05, 0.1) is 26.0 Å². The molecule has 1 saturated heterocycles. The van der Waals surface area contributed by atoms with Crippen molar-refractivity contribution in [2.24, 2.45) is 11.8 Å². The van der Waals surface area contributed by atoms with Crippen molar-refractivity contribution in [3.63, 3.8) is 0 Å². The van der Waals surface area contributed by atoms with Crippen molar-refractivity contribution < 1.29 is 24.4 Å². The number of fused-ring (bicyclic) bond motifs is 1. The van der Waals surface area contributed by atoms with Gasteiger partial charge in [0, 0.05) is 19.6 Å². The summed E-state index contributed by atoms with van der Waals surface area (Å²) in [5, 5.41) is 20.2. The zero-order chi connectivity index (χ0) is 20.4. The molecule has 2 aromatic rings. The summed E-state index contributed by atoms with van der Waals surface area (Å²) in [7, 11) is 3.11. The van der Waals surface area contributed by atoms with Gasteiger partial charge in [-0.25, -0.2) is 4.98 Å². The number of aromatic hydroxyl groups is 1. The molecule has 1 aliphatic heterocycles. The number of likely N-dealkylation sites (tertiary alicyclic amines) is 1. The number of hydrogen-bond acceptors (Lipinski definition) is 7. The van der Waals surface area contributed by atoms with Crippen LogP contribution in [-0.4, -0.2) is 60.1 Å². The van der Waals surface area contributed by atoms with Crippen molar-refractivity contribution in [2.75, 3.05) is 33.9 Å². The van der Waals surface area contributed by atoms with Gasteiger partial charge in [0.25, 0.3) is 5.88 Å². The molecule has 4 rings (SSSR count). The van der Waals surface area contributed by atoms with E-state index in [9.17, 15) is 10.2 Å². The van der Waals surface area contributed by atoms with Crippen molar-refractivity contribution in [2.45, 2.75) is 25.0 Å². The molecule has 2 fully saturated rings. The molecule has 0 bridgehead atoms. The van der Waals surface area contributed by atoms with Gasteiger partial charge >= 0.3 is 0 Å². The van der Waals surface area contributed by atoms with Crippen molar-refractivity contribution in [1.29, 1.82) is 0 Å². The summed E-state index contributed by atoms with van der Waals surface area (Å²) in [6, 6.07) is 10.9. The van der Waals surface area contributed by atoms with E-state index < -0.39 is 6.10 Å². The number of benzene rings is 1. The second kappa shape index (κ2) is 8.47. The summed E-state index contributed by atoms with van der Waals surface area (Å²) in [4.78, 5) is 6.49. The van der Waals surface area contributed by atoms with Crippen molar-refractivity contribution >= 4 is 0 Å². The number of aliphatic hydroxyl groups excluding tert-OH is 1. The molecule has 29 heavy (non-hydrogen) atoms. The lowest BCUT2D eigenvalue weighted by molar-refractivity contribution is 0.112. The normalized spacial score (nSPS) is 24.9. The van der Waals surface area contributed by atoms with Gasteiger partial charge in [-0.2, -0.15) is 0 Å². The predicted molar refractivity (Wildman–Crippen MR) is 107 cm³/mol. The molecule has 2 aliphatic rings. The zero-order valence-electron chi connectivity index (χ0n) is 16.8. The van der Waals surface area contributed by atoms with Crippen LogP contribution in [0.3, 0.4) is 0 Å². The number of nitrogens with zero attached hydrogens (tertiary/aromatic N) is 2. The monoisotopic (exact) mass is 400 g/mol. The van der Waals surface area contributed by atoms with Gasteiger partial charge < -0.3 is 24.4 Å². The van der Waals surface area contributed by atoms with E-state index in [1.807, 2.05) is 24.3 Å². The maximum Gasteiger partial charge on any atom is 0.256 e. The summed E-state index contributed by atoms with van der Waals surface area (Å²) >= 11 is 0. The molecular weight excluding hydrogens is 372 g/mol. The summed E-state index contributed by atoms with van der Waals surface area (Å²) in [6.07, 6.45) is 1.60. The first-order valence-corrected chi connectivity index (χ1v) is 10.0. The van der Waals surface area contributed by atoms with Crippen LogP contribution in [0.25, 0.3) is 0 Å². The van der Waals surface area contributed by atoms with Crippen LogP contribution in [0.1, 0.15) is 24.6 Å². The minimum atomic E-state index is -0.713. The van der Waals surface area contributed by atoms with E-state index in [1.165, 1.54) is 13.2 Å². The molecule has 1 aromatic carbocycles. The van der Waals surface area contributed by atoms with E-state index in [0.717, 1.165) is 37.4 Å². The lowest BCUT2D eigenvalue weighted by atomic mass is 10.0. The minimum absolute atomic E-state index is 0.0259. The number of hydrogen-bond donors (Lipinski definition) is 2. The third kappa shape index (κ3) is 4.41. The van der Waals surface area contributed by atoms with E-state index in [4.69, 9.17) is 14.2 Å². The number of ether oxygens (including phenoxy) is 3. The Labute approximate surface area is 170 Å². The highest BCUT2D eigenvalue weighted by molar-refractivity contribution is 5.34. The third-order valence-electron chi connectivity index (χ3n) is 5.97. The molecule has 1 aromatic heterocycles. The van der Waals surface area contributed by atoms with Gasteiger partial charge in [0.15, 0.2) is 5.75 Å². The molecule has 0 amide bonds. The number of β-amino-alcohol motifs (C(OH)–C–C–N with tert-alkyl or cyclic N) is 1. The Morgan fingerprint density at radius 2 is 1.66 bits per heavy atom. The fourth-order valence-corrected chi connectivity index (χ4v) is 4.55. The van der Waals surface area contributed by atoms with Gasteiger partial charge in [-0.15, -0.1) is 0 Å². The lowest BCUT2D eigenvalue weighted by Gasteiger charge is -2.22. The summed E-state index contributed by atoms with van der Waals surface area (Å²) in [5.41, 5.74) is 0.512. The molecular formula is C22H28N2O5. The molecule has 0 spiro atoms. The highest BCUT2D eigenvalue weighted by Gasteiger charge is 2.42. The van der Waals surface area contributed by atoms with Crippen LogP contribution in [0.15, 0.2) is 36.4 Å². The number of aromatic nitrogens is 1. The Bertz CT molecular complexity index is 814. The van der Waals surface area contributed by atoms with Crippen LogP contribution in [0.4, 0.5) is 0 Å². The van der Waals surface area contributed by atoms with E-state index >= 15 is 0 Å². The number of rotatable bonds is 7. The SMILES string of the molecule is COc1ccc(O[C@H]2C[C@@H]3CN(CC(O)c4ccc(O)c(OC)n4)C[C@@H]3C2)cc1. The highest BCUT2D eigenvalue weighted by Crippen LogP contribution is 2.40. The average Bonchev–Trinajstić information content (AvgIpc) is 3.26. The largest absolute Gasteiger partial charge is 0.503 e. The molecule has 7 nitrogen and oxygen atoms in total. The van der Waals surface area contributed by atoms with Crippen molar-refractivity contribution in [3.8, 4) is 23.1 Å². The fraction of sp³-hybridized carbons (Fsp3) is 0.500. The maximum atomic E-state index is 10.6. The first-order valence-electron chi connectivity index (χ1n) is 10.0. The number of aliphatic hydroxyl groups is 1. The zero-order valence-corrected chi connectivity index (χ0v) is 16.8. The number of methoxy groups -OCH3 is 2. The Morgan fingerprint density at radius 3 is 2.28 bits per heavy atom. The molecule has 1 saturated carbocycles. The molecule has 1 aliphatic carbocycles. The summed E-state index contributed by atoms with van der Waals surface area (Å²) < 4.78 is 16.4. The van der Waals surface area contributed by atoms with Crippen LogP contribution in [0.2, 0.25) is 0 Å². The number of pyridine rings is 1. The standard InChI is InChI=1S/C22H28N2O5/c1-27-16-3-5-17(6-4-16)29-18-9-14-11-24(12-15(14)10-18)13-21(26)19-7-8-20(25)22(23-19)28-2/h3-8,14-15,18,21,25-26H,9-13H2,1-2H3/t14-,15+,18+,21?. The first-order chi connectivity index (χ1) is 14.1. The van der Waals surface area contributed by atoms with Gasteiger partial charge in [0.1, 0.15) is 17.6 Å². The van der Waals surface area contributed by atoms with Gasteiger partial charge in [-0.3, -0.25) is 4.90 Å². The third-order valence-corrected chi connectivity index (χ3v) is 5.97. The fourth-order valence-electron chi connectivity index (χ4n) is 4.55. The van der Waals surface area contributed by atoms with Gasteiger partial charge in [0.2, 0.25) is 0 Å². The highest BCUT2D eigenvalue weighted by atomic mass is 16.5. The first kappa shape index (κ1) is 19.8. The Morgan fingerprint density at radius 1 is 1.00 bits per heavy atom. The Hall–Kier alpha value is -2.51. The van der Waals surface area contributed by atoms with Crippen LogP contribution in [-0.2, 0) is 0 Å². The predicted octanol–water partition coefficient (Wildman–Crippen LogP) is 2.63. The molecule has 7 heteroatoms. The molecule has 1 unspecified atom stereocenters. The van der Waals surface area contributed by atoms with E-state index in [-0.39, 0.29) is 17.7 Å². The van der Waals surface area contributed by atoms with E-state index in [2.05, 4.69) is 9.88 Å². The van der Waals surface area contributed by atoms with Crippen LogP contribution >= 0.6 is 0 Å². The topological polar surface area (TPSA) is 84.3 Å². The summed E-state index contributed by atoms with van der Waals surface area (Å²) in [6.45, 7) is 2.44. The minimum Gasteiger partial charge on any atom is -0.503 e. The molecule has 156 valence electrons. The Kier molecular flexibility index (Phi) is 5.78. The van der Waals surface area contributed by atoms with Crippen LogP contribution in [0.5, 0.6) is 23.1 Å². The van der Waals surface area contributed by atoms with Crippen molar-refractivity contribution in [1.82, 2.24) is 9.88 Å². The molecule has 2 N–H and O–H groups in total. The maximum absolute atomic E-state index is 10.6.